The fraction of sp³-hybridized carbons (Fsp3) is 0.200. The predicted octanol–water partition coefficient (Wildman–Crippen LogP) is 5.38. The van der Waals surface area contributed by atoms with E-state index in [-0.39, 0.29) is 42.4 Å². The van der Waals surface area contributed by atoms with Gasteiger partial charge in [-0.05, 0) is 35.7 Å². The van der Waals surface area contributed by atoms with Gasteiger partial charge in [0, 0.05) is 12.5 Å². The van der Waals surface area contributed by atoms with Gasteiger partial charge >= 0.3 is 5.97 Å². The normalized spacial score (nSPS) is 10.4. The molecule has 0 N–H and O–H groups in total. The second-order valence-corrected chi connectivity index (χ2v) is 7.08. The molecule has 0 saturated heterocycles. The Morgan fingerprint density at radius 2 is 1.59 bits per heavy atom. The Morgan fingerprint density at radius 1 is 0.938 bits per heavy atom. The number of carbonyl (C=O) groups is 2. The quantitative estimate of drug-likeness (QED) is 0.271. The van der Waals surface area contributed by atoms with E-state index in [9.17, 15) is 19.7 Å². The van der Waals surface area contributed by atoms with Gasteiger partial charge in [0.05, 0.1) is 23.6 Å². The van der Waals surface area contributed by atoms with Crippen LogP contribution in [0.15, 0.2) is 72.8 Å². The second kappa shape index (κ2) is 10.3. The van der Waals surface area contributed by atoms with Crippen LogP contribution in [0.1, 0.15) is 36.2 Å². The highest BCUT2D eigenvalue weighted by Gasteiger charge is 2.26. The summed E-state index contributed by atoms with van der Waals surface area (Å²) in [6.07, 6.45) is 0.179. The molecule has 0 heterocycles. The van der Waals surface area contributed by atoms with Gasteiger partial charge in [0.2, 0.25) is 5.91 Å². The van der Waals surface area contributed by atoms with Crippen LogP contribution in [0.3, 0.4) is 0 Å². The lowest BCUT2D eigenvalue weighted by atomic mass is 10.0. The average Bonchev–Trinajstić information content (AvgIpc) is 2.82. The summed E-state index contributed by atoms with van der Waals surface area (Å²) in [6, 6.07) is 21.6. The van der Waals surface area contributed by atoms with Gasteiger partial charge in [0.15, 0.2) is 0 Å². The van der Waals surface area contributed by atoms with E-state index in [4.69, 9.17) is 4.74 Å². The fourth-order valence-corrected chi connectivity index (χ4v) is 3.35. The minimum atomic E-state index is -0.646. The van der Waals surface area contributed by atoms with E-state index < -0.39 is 10.9 Å². The van der Waals surface area contributed by atoms with Gasteiger partial charge < -0.3 is 9.64 Å². The van der Waals surface area contributed by atoms with Crippen LogP contribution in [0, 0.1) is 10.1 Å². The van der Waals surface area contributed by atoms with Gasteiger partial charge in [0.1, 0.15) is 5.69 Å². The Bertz CT molecular complexity index is 1110. The summed E-state index contributed by atoms with van der Waals surface area (Å²) in [6.45, 7) is 3.69. The third-order valence-electron chi connectivity index (χ3n) is 4.98. The average molecular weight is 432 g/mol. The maximum atomic E-state index is 12.7. The molecule has 0 aliphatic rings. The molecule has 0 radical (unpaired) electrons. The standard InChI is InChI=1S/C25H24N2O5/c1-3-24(28)26(17-18-10-12-20(13-11-18)19-8-6-5-7-9-19)22-15-14-21(25(29)32-4-2)16-23(22)27(30)31/h5-16H,3-4,17H2,1-2H3. The number of hydrogen-bond donors (Lipinski definition) is 0. The largest absolute Gasteiger partial charge is 0.462 e. The van der Waals surface area contributed by atoms with Crippen molar-refractivity contribution in [3.8, 4) is 11.1 Å². The first-order chi connectivity index (χ1) is 15.4. The number of nitrogens with zero attached hydrogens (tertiary/aromatic N) is 2. The summed E-state index contributed by atoms with van der Waals surface area (Å²) in [5.74, 6) is -0.906. The number of ether oxygens (including phenoxy) is 1. The van der Waals surface area contributed by atoms with E-state index >= 15 is 0 Å². The van der Waals surface area contributed by atoms with E-state index in [1.165, 1.54) is 17.0 Å². The van der Waals surface area contributed by atoms with Crippen molar-refractivity contribution in [2.24, 2.45) is 0 Å². The van der Waals surface area contributed by atoms with Crippen LogP contribution in [-0.4, -0.2) is 23.4 Å². The number of nitro benzene ring substituents is 1. The summed E-state index contributed by atoms with van der Waals surface area (Å²) in [5.41, 5.74) is 2.83. The van der Waals surface area contributed by atoms with Crippen molar-refractivity contribution in [1.82, 2.24) is 0 Å². The molecule has 0 saturated carbocycles. The van der Waals surface area contributed by atoms with Crippen LogP contribution in [0.2, 0.25) is 0 Å². The summed E-state index contributed by atoms with van der Waals surface area (Å²) < 4.78 is 4.93. The lowest BCUT2D eigenvalue weighted by molar-refractivity contribution is -0.384. The third kappa shape index (κ3) is 5.18. The second-order valence-electron chi connectivity index (χ2n) is 7.08. The number of amides is 1. The van der Waals surface area contributed by atoms with Gasteiger partial charge in [0.25, 0.3) is 5.69 Å². The maximum Gasteiger partial charge on any atom is 0.338 e. The highest BCUT2D eigenvalue weighted by molar-refractivity contribution is 5.97. The Labute approximate surface area is 186 Å². The molecule has 0 aliphatic carbocycles. The number of nitro groups is 1. The molecule has 32 heavy (non-hydrogen) atoms. The van der Waals surface area contributed by atoms with Crippen molar-refractivity contribution < 1.29 is 19.2 Å². The van der Waals surface area contributed by atoms with Crippen LogP contribution in [0.5, 0.6) is 0 Å². The lowest BCUT2D eigenvalue weighted by Crippen LogP contribution is -2.30. The van der Waals surface area contributed by atoms with Gasteiger partial charge in [-0.25, -0.2) is 4.79 Å². The Balaban J connectivity index is 1.94. The van der Waals surface area contributed by atoms with Crippen LogP contribution < -0.4 is 4.90 Å². The zero-order chi connectivity index (χ0) is 23.1. The van der Waals surface area contributed by atoms with E-state index in [1.54, 1.807) is 13.8 Å². The first kappa shape index (κ1) is 22.7. The topological polar surface area (TPSA) is 89.8 Å². The van der Waals surface area contributed by atoms with Crippen molar-refractivity contribution in [3.05, 3.63) is 94.0 Å². The monoisotopic (exact) mass is 432 g/mol. The molecule has 7 nitrogen and oxygen atoms in total. The van der Waals surface area contributed by atoms with Gasteiger partial charge in [-0.2, -0.15) is 0 Å². The van der Waals surface area contributed by atoms with Crippen molar-refractivity contribution in [3.63, 3.8) is 0 Å². The molecule has 7 heteroatoms. The predicted molar refractivity (Wildman–Crippen MR) is 122 cm³/mol. The molecule has 3 aromatic rings. The van der Waals surface area contributed by atoms with Gasteiger partial charge in [-0.1, -0.05) is 61.5 Å². The summed E-state index contributed by atoms with van der Waals surface area (Å²) in [5, 5.41) is 11.7. The minimum Gasteiger partial charge on any atom is -0.462 e. The van der Waals surface area contributed by atoms with E-state index in [1.807, 2.05) is 54.6 Å². The lowest BCUT2D eigenvalue weighted by Gasteiger charge is -2.23. The first-order valence-corrected chi connectivity index (χ1v) is 10.3. The van der Waals surface area contributed by atoms with Gasteiger partial charge in [-0.15, -0.1) is 0 Å². The number of hydrogen-bond acceptors (Lipinski definition) is 5. The van der Waals surface area contributed by atoms with E-state index in [2.05, 4.69) is 0 Å². The van der Waals surface area contributed by atoms with Crippen LogP contribution >= 0.6 is 0 Å². The molecule has 0 fully saturated rings. The maximum absolute atomic E-state index is 12.7. The van der Waals surface area contributed by atoms with Crippen molar-refractivity contribution >= 4 is 23.3 Å². The summed E-state index contributed by atoms with van der Waals surface area (Å²) in [4.78, 5) is 37.2. The molecular formula is C25H24N2O5. The van der Waals surface area contributed by atoms with E-state index in [0.717, 1.165) is 22.8 Å². The number of rotatable bonds is 8. The summed E-state index contributed by atoms with van der Waals surface area (Å²) >= 11 is 0. The molecule has 0 unspecified atom stereocenters. The smallest absolute Gasteiger partial charge is 0.338 e. The number of benzene rings is 3. The molecule has 0 spiro atoms. The Morgan fingerprint density at radius 3 is 2.19 bits per heavy atom. The number of anilines is 1. The molecule has 1 amide bonds. The molecule has 3 rings (SSSR count). The van der Waals surface area contributed by atoms with E-state index in [0.29, 0.717) is 0 Å². The number of carbonyl (C=O) groups excluding carboxylic acids is 2. The molecular weight excluding hydrogens is 408 g/mol. The zero-order valence-corrected chi connectivity index (χ0v) is 18.0. The fourth-order valence-electron chi connectivity index (χ4n) is 3.35. The third-order valence-corrected chi connectivity index (χ3v) is 4.98. The molecule has 0 bridgehead atoms. The summed E-state index contributed by atoms with van der Waals surface area (Å²) in [7, 11) is 0. The zero-order valence-electron chi connectivity index (χ0n) is 18.0. The molecule has 0 aliphatic heterocycles. The van der Waals surface area contributed by atoms with Gasteiger partial charge in [-0.3, -0.25) is 14.9 Å². The van der Waals surface area contributed by atoms with Crippen molar-refractivity contribution in [2.45, 2.75) is 26.8 Å². The van der Waals surface area contributed by atoms with Crippen molar-refractivity contribution in [1.29, 1.82) is 0 Å². The Hall–Kier alpha value is -4.00. The molecule has 0 aromatic heterocycles. The van der Waals surface area contributed by atoms with Crippen LogP contribution in [-0.2, 0) is 16.1 Å². The highest BCUT2D eigenvalue weighted by atomic mass is 16.6. The van der Waals surface area contributed by atoms with Crippen LogP contribution in [0.25, 0.3) is 11.1 Å². The number of esters is 1. The van der Waals surface area contributed by atoms with Crippen molar-refractivity contribution in [2.75, 3.05) is 11.5 Å². The molecule has 0 atom stereocenters. The van der Waals surface area contributed by atoms with Crippen LogP contribution in [0.4, 0.5) is 11.4 Å². The first-order valence-electron chi connectivity index (χ1n) is 10.3. The molecule has 164 valence electrons. The SMILES string of the molecule is CCOC(=O)c1ccc(N(Cc2ccc(-c3ccccc3)cc2)C(=O)CC)c([N+](=O)[O-])c1. The minimum absolute atomic E-state index is 0.0680. The highest BCUT2D eigenvalue weighted by Crippen LogP contribution is 2.32. The Kier molecular flexibility index (Phi) is 7.33. The molecule has 3 aromatic carbocycles.